The van der Waals surface area contributed by atoms with E-state index >= 15 is 0 Å². The number of nitrogens with two attached hydrogens (primary N) is 1. The first-order chi connectivity index (χ1) is 35.2. The molecule has 0 aliphatic carbocycles. The highest BCUT2D eigenvalue weighted by Gasteiger charge is 2.41. The average molecular weight is 1010 g/mol. The summed E-state index contributed by atoms with van der Waals surface area (Å²) in [4.78, 5) is 96.5. The van der Waals surface area contributed by atoms with E-state index in [1.54, 1.807) is 94.7 Å². The Hall–Kier alpha value is -8.13. The number of aliphatic hydroxyl groups excluding tert-OH is 2. The van der Waals surface area contributed by atoms with Crippen LogP contribution >= 0.6 is 0 Å². The van der Waals surface area contributed by atoms with E-state index in [1.165, 1.54) is 21.9 Å². The molecule has 5 aromatic rings. The minimum absolute atomic E-state index is 0.102. The largest absolute Gasteiger partial charge is 0.439 e. The van der Waals surface area contributed by atoms with Crippen LogP contribution in [0.15, 0.2) is 106 Å². The van der Waals surface area contributed by atoms with Gasteiger partial charge in [-0.15, -0.1) is 0 Å². The number of nitrogens with zero attached hydrogens (tertiary/aromatic N) is 5. The molecule has 5 heterocycles. The van der Waals surface area contributed by atoms with Gasteiger partial charge in [-0.1, -0.05) is 5.16 Å². The number of aromatic nitrogens is 2. The first kappa shape index (κ1) is 51.2. The number of carbonyl (C=O) groups excluding carboxylic acids is 6. The summed E-state index contributed by atoms with van der Waals surface area (Å²) in [5.74, 6) is -3.53. The molecule has 73 heavy (non-hydrogen) atoms. The fraction of sp³-hybridized carbons (Fsp3) is 0.327. The highest BCUT2D eigenvalue weighted by Crippen LogP contribution is 2.25. The van der Waals surface area contributed by atoms with Crippen LogP contribution in [0, 0.1) is 5.41 Å². The van der Waals surface area contributed by atoms with Crippen molar-refractivity contribution in [1.82, 2.24) is 19.9 Å². The van der Waals surface area contributed by atoms with E-state index in [4.69, 9.17) is 30.1 Å². The number of benzene rings is 4. The van der Waals surface area contributed by atoms with Crippen LogP contribution in [0.1, 0.15) is 26.3 Å². The second-order valence-corrected chi connectivity index (χ2v) is 16.8. The molecular formula is C49H52N10O14. The van der Waals surface area contributed by atoms with Gasteiger partial charge in [-0.3, -0.25) is 43.7 Å². The fourth-order valence-corrected chi connectivity index (χ4v) is 8.15. The molecule has 0 radical (unpaired) electrons. The molecule has 1 aromatic heterocycles. The lowest BCUT2D eigenvalue weighted by molar-refractivity contribution is -0.150. The number of anilines is 4. The summed E-state index contributed by atoms with van der Waals surface area (Å²) in [6.07, 6.45) is -6.29. The molecule has 0 spiro atoms. The maximum atomic E-state index is 13.1. The maximum absolute atomic E-state index is 13.1. The molecule has 4 aliphatic rings. The second-order valence-electron chi connectivity index (χ2n) is 16.8. The Bertz CT molecular complexity index is 2850. The number of aliphatic hydroxyl groups is 2. The van der Waals surface area contributed by atoms with Crippen molar-refractivity contribution < 1.29 is 62.5 Å². The molecule has 0 unspecified atom stereocenters. The fourth-order valence-electron chi connectivity index (χ4n) is 8.15. The van der Waals surface area contributed by atoms with Crippen molar-refractivity contribution in [1.29, 1.82) is 5.41 Å². The SMILES string of the molecule is N=C(N)c1ccc(NC(=O)[C@H](O)[C@H]2OCCN(c3ccc(C(=O)N4CCOCC4)cc3)C2=O)cc1.O=C(Nc1ccc(-c2noc(=O)[nH]2)cc1)[C@H](O)[C@H]1OCCN(c2ccc(C(=O)N3CCOCC3)cc2)C1=O. The Morgan fingerprint density at radius 2 is 0.986 bits per heavy atom. The number of H-pyrrole nitrogens is 1. The summed E-state index contributed by atoms with van der Waals surface area (Å²) >= 11 is 0. The van der Waals surface area contributed by atoms with Gasteiger partial charge in [-0.05, 0) is 97.1 Å². The van der Waals surface area contributed by atoms with Gasteiger partial charge in [0.1, 0.15) is 5.84 Å². The third kappa shape index (κ3) is 12.3. The van der Waals surface area contributed by atoms with Crippen LogP contribution in [0.5, 0.6) is 0 Å². The Labute approximate surface area is 416 Å². The molecule has 4 aromatic carbocycles. The van der Waals surface area contributed by atoms with E-state index in [0.717, 1.165) is 0 Å². The van der Waals surface area contributed by atoms with Gasteiger partial charge in [0.25, 0.3) is 35.4 Å². The van der Waals surface area contributed by atoms with Crippen LogP contribution in [-0.4, -0.2) is 175 Å². The average Bonchev–Trinajstić information content (AvgIpc) is 3.87. The predicted octanol–water partition coefficient (Wildman–Crippen LogP) is 0.408. The minimum Gasteiger partial charge on any atom is -0.384 e. The molecule has 24 heteroatoms. The molecule has 4 fully saturated rings. The molecule has 4 saturated heterocycles. The summed E-state index contributed by atoms with van der Waals surface area (Å²) in [6, 6.07) is 25.7. The lowest BCUT2D eigenvalue weighted by atomic mass is 10.1. The molecule has 24 nitrogen and oxygen atoms in total. The number of morpholine rings is 4. The lowest BCUT2D eigenvalue weighted by Crippen LogP contribution is -2.55. The number of nitrogens with one attached hydrogen (secondary N) is 4. The zero-order valence-electron chi connectivity index (χ0n) is 39.1. The molecule has 4 aliphatic heterocycles. The normalized spacial score (nSPS) is 19.0. The first-order valence-corrected chi connectivity index (χ1v) is 23.1. The van der Waals surface area contributed by atoms with Crippen LogP contribution < -0.4 is 31.9 Å². The van der Waals surface area contributed by atoms with Gasteiger partial charge < -0.3 is 65.1 Å². The van der Waals surface area contributed by atoms with Crippen LogP contribution in [-0.2, 0) is 38.1 Å². The molecule has 382 valence electrons. The zero-order valence-corrected chi connectivity index (χ0v) is 39.1. The van der Waals surface area contributed by atoms with E-state index in [9.17, 15) is 43.8 Å². The lowest BCUT2D eigenvalue weighted by Gasteiger charge is -2.34. The van der Waals surface area contributed by atoms with Crippen LogP contribution in [0.4, 0.5) is 22.7 Å². The standard InChI is InChI=1S/C25H25N5O8.C24H27N5O6/c31-19(22(32)26-17-5-1-15(2-6-17)21-27-25(35)38-28-21)20-24(34)30(11-14-37-20)18-7-3-16(4-8-18)23(33)29-9-12-36-13-10-29;25-21(26)15-1-5-17(6-2-15)27-22(31)19(30)20-24(33)29(11-14-35-20)18-7-3-16(4-8-18)23(32)28-9-12-34-13-10-28/h1-8,19-20,31H,9-14H2,(H,26,32)(H,27,28,35);1-8,19-20,30H,9-14H2,(H3,25,26)(H,27,31)/t2*19-,20-/m11/s1. The van der Waals surface area contributed by atoms with E-state index < -0.39 is 53.8 Å². The summed E-state index contributed by atoms with van der Waals surface area (Å²) in [5.41, 5.74) is 9.24. The van der Waals surface area contributed by atoms with Gasteiger partial charge in [0.2, 0.25) is 0 Å². The minimum atomic E-state index is -1.76. The highest BCUT2D eigenvalue weighted by molar-refractivity contribution is 6.06. The van der Waals surface area contributed by atoms with Crippen molar-refractivity contribution >= 4 is 64.0 Å². The molecule has 6 amide bonds. The number of rotatable bonds is 12. The van der Waals surface area contributed by atoms with Crippen LogP contribution in [0.25, 0.3) is 11.4 Å². The van der Waals surface area contributed by atoms with Crippen molar-refractivity contribution in [2.24, 2.45) is 5.73 Å². The predicted molar refractivity (Wildman–Crippen MR) is 260 cm³/mol. The molecule has 4 atom stereocenters. The Morgan fingerprint density at radius 1 is 0.589 bits per heavy atom. The number of amidine groups is 1. The van der Waals surface area contributed by atoms with Gasteiger partial charge in [0, 0.05) is 84.3 Å². The molecule has 0 bridgehead atoms. The van der Waals surface area contributed by atoms with Crippen LogP contribution in [0.3, 0.4) is 0 Å². The van der Waals surface area contributed by atoms with Crippen molar-refractivity contribution in [3.63, 3.8) is 0 Å². The molecule has 8 N–H and O–H groups in total. The Kier molecular flexibility index (Phi) is 16.4. The van der Waals surface area contributed by atoms with Gasteiger partial charge in [-0.25, -0.2) is 4.79 Å². The molecule has 0 saturated carbocycles. The monoisotopic (exact) mass is 1000 g/mol. The Morgan fingerprint density at radius 3 is 1.37 bits per heavy atom. The third-order valence-electron chi connectivity index (χ3n) is 12.1. The number of aromatic amines is 1. The number of carbonyl (C=O) groups is 6. The zero-order chi connectivity index (χ0) is 51.6. The smallest absolute Gasteiger partial charge is 0.384 e. The highest BCUT2D eigenvalue weighted by atomic mass is 16.5. The van der Waals surface area contributed by atoms with Crippen molar-refractivity contribution in [3.8, 4) is 11.4 Å². The number of hydrogen-bond acceptors (Lipinski definition) is 16. The van der Waals surface area contributed by atoms with Crippen molar-refractivity contribution in [2.45, 2.75) is 24.4 Å². The number of amides is 6. The summed E-state index contributed by atoms with van der Waals surface area (Å²) in [5, 5.41) is 37.2. The third-order valence-corrected chi connectivity index (χ3v) is 12.1. The topological polar surface area (TPSA) is 326 Å². The number of hydrogen-bond donors (Lipinski definition) is 7. The second kappa shape index (κ2) is 23.4. The maximum Gasteiger partial charge on any atom is 0.439 e. The van der Waals surface area contributed by atoms with Crippen LogP contribution in [0.2, 0.25) is 0 Å². The van der Waals surface area contributed by atoms with E-state index in [0.29, 0.717) is 97.6 Å². The molecular weight excluding hydrogens is 953 g/mol. The Balaban J connectivity index is 0.000000196. The van der Waals surface area contributed by atoms with Crippen molar-refractivity contribution in [3.05, 3.63) is 124 Å². The van der Waals surface area contributed by atoms with E-state index in [1.807, 2.05) is 0 Å². The summed E-state index contributed by atoms with van der Waals surface area (Å²) < 4.78 is 25.9. The summed E-state index contributed by atoms with van der Waals surface area (Å²) in [7, 11) is 0. The number of ether oxygens (including phenoxy) is 4. The van der Waals surface area contributed by atoms with Gasteiger partial charge in [-0.2, -0.15) is 0 Å². The van der Waals surface area contributed by atoms with E-state index in [2.05, 4.69) is 25.3 Å². The first-order valence-electron chi connectivity index (χ1n) is 23.1. The van der Waals surface area contributed by atoms with Gasteiger partial charge in [0.05, 0.1) is 39.6 Å². The van der Waals surface area contributed by atoms with Crippen molar-refractivity contribution in [2.75, 3.05) is 99.3 Å². The molecule has 9 rings (SSSR count). The van der Waals surface area contributed by atoms with Gasteiger partial charge >= 0.3 is 5.76 Å². The van der Waals surface area contributed by atoms with Gasteiger partial charge in [0.15, 0.2) is 30.2 Å². The number of nitrogen functional groups attached to an aromatic ring is 1. The van der Waals surface area contributed by atoms with E-state index in [-0.39, 0.29) is 49.8 Å². The quantitative estimate of drug-likeness (QED) is 0.0657. The summed E-state index contributed by atoms with van der Waals surface area (Å²) in [6.45, 7) is 4.84.